The fourth-order valence-corrected chi connectivity index (χ4v) is 2.93. The van der Waals surface area contributed by atoms with Gasteiger partial charge in [-0.1, -0.05) is 12.1 Å². The van der Waals surface area contributed by atoms with Crippen molar-refractivity contribution in [2.75, 3.05) is 25.3 Å². The first-order chi connectivity index (χ1) is 12.2. The number of hydrogen-bond donors (Lipinski definition) is 1. The summed E-state index contributed by atoms with van der Waals surface area (Å²) in [4.78, 5) is 23.7. The van der Waals surface area contributed by atoms with Gasteiger partial charge in [-0.2, -0.15) is 0 Å². The quantitative estimate of drug-likeness (QED) is 0.769. The van der Waals surface area contributed by atoms with Gasteiger partial charge in [0.1, 0.15) is 0 Å². The fourth-order valence-electron chi connectivity index (χ4n) is 2.09. The van der Waals surface area contributed by atoms with E-state index in [9.17, 15) is 22.4 Å². The van der Waals surface area contributed by atoms with Gasteiger partial charge in [-0.15, -0.1) is 0 Å². The van der Waals surface area contributed by atoms with Gasteiger partial charge in [-0.05, 0) is 30.3 Å². The largest absolute Gasteiger partial charge is 0.494 e. The van der Waals surface area contributed by atoms with E-state index in [0.29, 0.717) is 0 Å². The zero-order chi connectivity index (χ0) is 19.3. The third-order valence-electron chi connectivity index (χ3n) is 3.28. The summed E-state index contributed by atoms with van der Waals surface area (Å²) in [6.07, 6.45) is 1.01. The van der Waals surface area contributed by atoms with Crippen molar-refractivity contribution in [3.8, 4) is 5.75 Å². The van der Waals surface area contributed by atoms with Gasteiger partial charge in [0.2, 0.25) is 0 Å². The van der Waals surface area contributed by atoms with Gasteiger partial charge in [-0.3, -0.25) is 4.79 Å². The molecule has 7 nitrogen and oxygen atoms in total. The Balaban J connectivity index is 2.01. The Kier molecular flexibility index (Phi) is 5.93. The number of anilines is 1. The van der Waals surface area contributed by atoms with Crippen molar-refractivity contribution < 1.29 is 31.9 Å². The van der Waals surface area contributed by atoms with Crippen LogP contribution in [0.25, 0.3) is 0 Å². The van der Waals surface area contributed by atoms with E-state index in [1.807, 2.05) is 0 Å². The van der Waals surface area contributed by atoms with Crippen molar-refractivity contribution >= 4 is 27.4 Å². The summed E-state index contributed by atoms with van der Waals surface area (Å²) in [5.74, 6) is -2.41. The third kappa shape index (κ3) is 4.79. The highest BCUT2D eigenvalue weighted by Gasteiger charge is 2.16. The summed E-state index contributed by atoms with van der Waals surface area (Å²) >= 11 is 0. The third-order valence-corrected chi connectivity index (χ3v) is 4.44. The first-order valence-corrected chi connectivity index (χ1v) is 9.21. The van der Waals surface area contributed by atoms with Crippen LogP contribution in [0.2, 0.25) is 0 Å². The maximum Gasteiger partial charge on any atom is 0.338 e. The first kappa shape index (κ1) is 19.4. The second-order valence-electron chi connectivity index (χ2n) is 5.24. The molecule has 0 aromatic heterocycles. The monoisotopic (exact) mass is 381 g/mol. The maximum atomic E-state index is 13.6. The van der Waals surface area contributed by atoms with Gasteiger partial charge in [0, 0.05) is 6.26 Å². The standard InChI is InChI=1S/C17H16FNO6S/c1-24-14-8-7-11(9-12(14)18)17(21)25-10-16(20)19-13-5-3-4-6-15(13)26(2,22)23/h3-9H,10H2,1-2H3,(H,19,20). The van der Waals surface area contributed by atoms with Crippen LogP contribution in [0.1, 0.15) is 10.4 Å². The van der Waals surface area contributed by atoms with E-state index in [-0.39, 0.29) is 21.9 Å². The molecule has 138 valence electrons. The van der Waals surface area contributed by atoms with Crippen LogP contribution in [0.3, 0.4) is 0 Å². The molecule has 2 rings (SSSR count). The Morgan fingerprint density at radius 3 is 2.46 bits per heavy atom. The van der Waals surface area contributed by atoms with Crippen molar-refractivity contribution in [2.24, 2.45) is 0 Å². The number of amides is 1. The average Bonchev–Trinajstić information content (AvgIpc) is 2.59. The van der Waals surface area contributed by atoms with Gasteiger partial charge in [0.05, 0.1) is 23.3 Å². The van der Waals surface area contributed by atoms with Crippen molar-refractivity contribution in [3.05, 3.63) is 53.8 Å². The van der Waals surface area contributed by atoms with Gasteiger partial charge < -0.3 is 14.8 Å². The molecular weight excluding hydrogens is 365 g/mol. The van der Waals surface area contributed by atoms with Crippen LogP contribution in [-0.4, -0.2) is 40.3 Å². The molecule has 0 atom stereocenters. The van der Waals surface area contributed by atoms with E-state index in [1.54, 1.807) is 6.07 Å². The Hall–Kier alpha value is -2.94. The lowest BCUT2D eigenvalue weighted by Gasteiger charge is -2.10. The number of carbonyl (C=O) groups excluding carboxylic acids is 2. The fraction of sp³-hybridized carbons (Fsp3) is 0.176. The molecule has 0 aliphatic rings. The van der Waals surface area contributed by atoms with Gasteiger partial charge in [0.15, 0.2) is 28.0 Å². The number of halogens is 1. The van der Waals surface area contributed by atoms with Crippen LogP contribution in [0.4, 0.5) is 10.1 Å². The minimum Gasteiger partial charge on any atom is -0.494 e. The molecule has 0 aliphatic carbocycles. The van der Waals surface area contributed by atoms with Crippen molar-refractivity contribution in [3.63, 3.8) is 0 Å². The van der Waals surface area contributed by atoms with Crippen molar-refractivity contribution in [1.29, 1.82) is 0 Å². The minimum atomic E-state index is -3.54. The molecule has 1 amide bonds. The molecule has 0 fully saturated rings. The number of esters is 1. The number of ether oxygens (including phenoxy) is 2. The molecule has 2 aromatic rings. The van der Waals surface area contributed by atoms with E-state index in [4.69, 9.17) is 9.47 Å². The summed E-state index contributed by atoms with van der Waals surface area (Å²) < 4.78 is 46.5. The van der Waals surface area contributed by atoms with E-state index in [1.165, 1.54) is 37.4 Å². The number of para-hydroxylation sites is 1. The van der Waals surface area contributed by atoms with E-state index >= 15 is 0 Å². The van der Waals surface area contributed by atoms with Crippen LogP contribution in [-0.2, 0) is 19.4 Å². The number of benzene rings is 2. The molecule has 0 spiro atoms. The van der Waals surface area contributed by atoms with Gasteiger partial charge in [0.25, 0.3) is 5.91 Å². The SMILES string of the molecule is COc1ccc(C(=O)OCC(=O)Nc2ccccc2S(C)(=O)=O)cc1F. The van der Waals surface area contributed by atoms with E-state index in [2.05, 4.69) is 5.32 Å². The summed E-state index contributed by atoms with van der Waals surface area (Å²) in [7, 11) is -2.25. The van der Waals surface area contributed by atoms with Crippen LogP contribution in [0, 0.1) is 5.82 Å². The molecule has 0 aliphatic heterocycles. The molecule has 9 heteroatoms. The van der Waals surface area contributed by atoms with Gasteiger partial charge >= 0.3 is 5.97 Å². The molecule has 0 radical (unpaired) electrons. The molecule has 0 bridgehead atoms. The molecular formula is C17H16FNO6S. The summed E-state index contributed by atoms with van der Waals surface area (Å²) in [5.41, 5.74) is -0.0147. The number of nitrogens with one attached hydrogen (secondary N) is 1. The summed E-state index contributed by atoms with van der Waals surface area (Å²) in [6.45, 7) is -0.662. The Bertz CT molecular complexity index is 942. The zero-order valence-corrected chi connectivity index (χ0v) is 14.8. The van der Waals surface area contributed by atoms with Crippen LogP contribution >= 0.6 is 0 Å². The molecule has 0 unspecified atom stereocenters. The second-order valence-corrected chi connectivity index (χ2v) is 7.23. The number of carbonyl (C=O) groups is 2. The topological polar surface area (TPSA) is 98.8 Å². The number of hydrogen-bond acceptors (Lipinski definition) is 6. The summed E-state index contributed by atoms with van der Waals surface area (Å²) in [5, 5.41) is 2.36. The predicted octanol–water partition coefficient (Wildman–Crippen LogP) is 2.03. The van der Waals surface area contributed by atoms with Gasteiger partial charge in [-0.25, -0.2) is 17.6 Å². The normalized spacial score (nSPS) is 10.9. The molecule has 2 aromatic carbocycles. The highest BCUT2D eigenvalue weighted by Crippen LogP contribution is 2.21. The summed E-state index contributed by atoms with van der Waals surface area (Å²) in [6, 6.07) is 9.31. The Morgan fingerprint density at radius 1 is 1.15 bits per heavy atom. The number of methoxy groups -OCH3 is 1. The Morgan fingerprint density at radius 2 is 1.85 bits per heavy atom. The molecule has 0 saturated carbocycles. The average molecular weight is 381 g/mol. The smallest absolute Gasteiger partial charge is 0.338 e. The molecule has 0 heterocycles. The number of sulfone groups is 1. The van der Waals surface area contributed by atoms with Crippen molar-refractivity contribution in [2.45, 2.75) is 4.90 Å². The van der Waals surface area contributed by atoms with E-state index < -0.39 is 34.1 Å². The number of rotatable bonds is 6. The highest BCUT2D eigenvalue weighted by molar-refractivity contribution is 7.90. The van der Waals surface area contributed by atoms with E-state index in [0.717, 1.165) is 12.3 Å². The van der Waals surface area contributed by atoms with Crippen LogP contribution < -0.4 is 10.1 Å². The highest BCUT2D eigenvalue weighted by atomic mass is 32.2. The lowest BCUT2D eigenvalue weighted by Crippen LogP contribution is -2.22. The molecule has 1 N–H and O–H groups in total. The minimum absolute atomic E-state index is 0.0309. The molecule has 26 heavy (non-hydrogen) atoms. The molecule has 0 saturated heterocycles. The lowest BCUT2D eigenvalue weighted by atomic mass is 10.2. The van der Waals surface area contributed by atoms with Crippen molar-refractivity contribution in [1.82, 2.24) is 0 Å². The predicted molar refractivity (Wildman–Crippen MR) is 91.4 cm³/mol. The maximum absolute atomic E-state index is 13.6. The van der Waals surface area contributed by atoms with Crippen LogP contribution in [0.15, 0.2) is 47.4 Å². The zero-order valence-electron chi connectivity index (χ0n) is 14.0. The second kappa shape index (κ2) is 7.96. The Labute approximate surface area is 149 Å². The van der Waals surface area contributed by atoms with Crippen LogP contribution in [0.5, 0.6) is 5.75 Å². The first-order valence-electron chi connectivity index (χ1n) is 7.32. The lowest BCUT2D eigenvalue weighted by molar-refractivity contribution is -0.119.